The maximum Gasteiger partial charge on any atom is 0.222 e. The van der Waals surface area contributed by atoms with Crippen molar-refractivity contribution in [1.82, 2.24) is 24.7 Å². The van der Waals surface area contributed by atoms with E-state index >= 15 is 0 Å². The van der Waals surface area contributed by atoms with E-state index in [1.54, 1.807) is 0 Å². The summed E-state index contributed by atoms with van der Waals surface area (Å²) in [6.45, 7) is 6.59. The molecular weight excluding hydrogens is 376 g/mol. The standard InChI is InChI=1S/C23H32N6O/c1-18-9-12-28(16-21(18)29-13-10-25-17-29)23(24-2)26-14-19-5-7-20(8-6-19)15-27-11-3-4-22(27)30/h5-8,10,13,17-18,21H,3-4,9,11-12,14-16H2,1-2H3,(H,24,26). The van der Waals surface area contributed by atoms with Crippen molar-refractivity contribution in [2.45, 2.75) is 45.3 Å². The number of hydrogen-bond acceptors (Lipinski definition) is 3. The molecule has 4 rings (SSSR count). The molecule has 7 nitrogen and oxygen atoms in total. The van der Waals surface area contributed by atoms with Crippen molar-refractivity contribution >= 4 is 11.9 Å². The van der Waals surface area contributed by atoms with Crippen molar-refractivity contribution in [3.05, 3.63) is 54.1 Å². The number of likely N-dealkylation sites (tertiary alicyclic amines) is 2. The Morgan fingerprint density at radius 1 is 1.23 bits per heavy atom. The van der Waals surface area contributed by atoms with Crippen LogP contribution in [0.1, 0.15) is 43.4 Å². The number of rotatable bonds is 5. The van der Waals surface area contributed by atoms with Crippen molar-refractivity contribution in [2.24, 2.45) is 10.9 Å². The van der Waals surface area contributed by atoms with Gasteiger partial charge in [-0.1, -0.05) is 31.2 Å². The number of aromatic nitrogens is 2. The average Bonchev–Trinajstić information content (AvgIpc) is 3.43. The third-order valence-corrected chi connectivity index (χ3v) is 6.36. The van der Waals surface area contributed by atoms with Crippen LogP contribution in [0.4, 0.5) is 0 Å². The van der Waals surface area contributed by atoms with E-state index in [2.05, 4.69) is 62.1 Å². The minimum absolute atomic E-state index is 0.273. The van der Waals surface area contributed by atoms with Gasteiger partial charge in [0.2, 0.25) is 5.91 Å². The lowest BCUT2D eigenvalue weighted by molar-refractivity contribution is -0.128. The molecule has 2 atom stereocenters. The first-order valence-electron chi connectivity index (χ1n) is 10.9. The molecule has 2 aliphatic rings. The van der Waals surface area contributed by atoms with E-state index in [9.17, 15) is 4.79 Å². The van der Waals surface area contributed by atoms with Gasteiger partial charge >= 0.3 is 0 Å². The van der Waals surface area contributed by atoms with Crippen LogP contribution in [0.15, 0.2) is 48.0 Å². The van der Waals surface area contributed by atoms with Crippen LogP contribution in [-0.2, 0) is 17.9 Å². The monoisotopic (exact) mass is 408 g/mol. The summed E-state index contributed by atoms with van der Waals surface area (Å²) in [5, 5.41) is 3.52. The number of aliphatic imine (C=N–C) groups is 1. The van der Waals surface area contributed by atoms with E-state index in [1.807, 2.05) is 24.5 Å². The third kappa shape index (κ3) is 4.66. The summed E-state index contributed by atoms with van der Waals surface area (Å²) >= 11 is 0. The molecule has 160 valence electrons. The van der Waals surface area contributed by atoms with Gasteiger partial charge in [-0.3, -0.25) is 9.79 Å². The molecule has 3 heterocycles. The van der Waals surface area contributed by atoms with Crippen LogP contribution >= 0.6 is 0 Å². The van der Waals surface area contributed by atoms with Crippen LogP contribution in [0, 0.1) is 5.92 Å². The number of guanidine groups is 1. The molecule has 1 aromatic carbocycles. The fourth-order valence-electron chi connectivity index (χ4n) is 4.46. The molecule has 2 unspecified atom stereocenters. The largest absolute Gasteiger partial charge is 0.352 e. The summed E-state index contributed by atoms with van der Waals surface area (Å²) in [6, 6.07) is 8.95. The SMILES string of the molecule is CN=C(NCc1ccc(CN2CCCC2=O)cc1)N1CCC(C)C(n2ccnc2)C1. The summed E-state index contributed by atoms with van der Waals surface area (Å²) in [7, 11) is 1.85. The Hall–Kier alpha value is -2.83. The Morgan fingerprint density at radius 2 is 2.03 bits per heavy atom. The third-order valence-electron chi connectivity index (χ3n) is 6.36. The highest BCUT2D eigenvalue weighted by atomic mass is 16.2. The maximum absolute atomic E-state index is 11.8. The number of hydrogen-bond donors (Lipinski definition) is 1. The predicted octanol–water partition coefficient (Wildman–Crippen LogP) is 2.66. The molecule has 2 saturated heterocycles. The van der Waals surface area contributed by atoms with Gasteiger partial charge in [-0.2, -0.15) is 0 Å². The quantitative estimate of drug-likeness (QED) is 0.610. The number of benzene rings is 1. The van der Waals surface area contributed by atoms with Gasteiger partial charge < -0.3 is 19.7 Å². The normalized spacial score (nSPS) is 22.6. The first-order valence-corrected chi connectivity index (χ1v) is 10.9. The highest BCUT2D eigenvalue weighted by Gasteiger charge is 2.28. The second kappa shape index (κ2) is 9.32. The number of nitrogens with zero attached hydrogens (tertiary/aromatic N) is 5. The summed E-state index contributed by atoms with van der Waals surface area (Å²) < 4.78 is 2.22. The Morgan fingerprint density at radius 3 is 2.70 bits per heavy atom. The van der Waals surface area contributed by atoms with Gasteiger partial charge in [0, 0.05) is 58.6 Å². The fraction of sp³-hybridized carbons (Fsp3) is 0.522. The van der Waals surface area contributed by atoms with Gasteiger partial charge in [0.15, 0.2) is 5.96 Å². The van der Waals surface area contributed by atoms with Crippen molar-refractivity contribution in [1.29, 1.82) is 0 Å². The highest BCUT2D eigenvalue weighted by Crippen LogP contribution is 2.27. The second-order valence-corrected chi connectivity index (χ2v) is 8.43. The van der Waals surface area contributed by atoms with Crippen molar-refractivity contribution in [3.63, 3.8) is 0 Å². The lowest BCUT2D eigenvalue weighted by Gasteiger charge is -2.39. The van der Waals surface area contributed by atoms with Crippen molar-refractivity contribution < 1.29 is 4.79 Å². The number of piperidine rings is 1. The van der Waals surface area contributed by atoms with Gasteiger partial charge in [0.1, 0.15) is 0 Å². The molecule has 0 aliphatic carbocycles. The second-order valence-electron chi connectivity index (χ2n) is 8.43. The van der Waals surface area contributed by atoms with Crippen LogP contribution in [0.25, 0.3) is 0 Å². The lowest BCUT2D eigenvalue weighted by Crippen LogP contribution is -2.48. The first-order chi connectivity index (χ1) is 14.6. The number of nitrogens with one attached hydrogen (secondary N) is 1. The molecule has 0 spiro atoms. The average molecular weight is 409 g/mol. The van der Waals surface area contributed by atoms with Gasteiger partial charge in [-0.15, -0.1) is 0 Å². The number of carbonyl (C=O) groups excluding carboxylic acids is 1. The molecule has 2 fully saturated rings. The smallest absolute Gasteiger partial charge is 0.222 e. The molecule has 0 bridgehead atoms. The summed E-state index contributed by atoms with van der Waals surface area (Å²) in [5.74, 6) is 1.83. The van der Waals surface area contributed by atoms with E-state index in [4.69, 9.17) is 0 Å². The highest BCUT2D eigenvalue weighted by molar-refractivity contribution is 5.80. The molecule has 0 radical (unpaired) electrons. The summed E-state index contributed by atoms with van der Waals surface area (Å²) in [5.41, 5.74) is 2.40. The number of imidazole rings is 1. The summed E-state index contributed by atoms with van der Waals surface area (Å²) in [6.07, 6.45) is 8.63. The minimum Gasteiger partial charge on any atom is -0.352 e. The Kier molecular flexibility index (Phi) is 6.35. The van der Waals surface area contributed by atoms with Crippen LogP contribution < -0.4 is 5.32 Å². The zero-order chi connectivity index (χ0) is 20.9. The van der Waals surface area contributed by atoms with E-state index in [1.165, 1.54) is 11.1 Å². The van der Waals surface area contributed by atoms with E-state index in [-0.39, 0.29) is 5.91 Å². The molecule has 0 saturated carbocycles. The number of amides is 1. The van der Waals surface area contributed by atoms with Gasteiger partial charge in [0.05, 0.1) is 12.4 Å². The minimum atomic E-state index is 0.273. The molecule has 1 amide bonds. The fourth-order valence-corrected chi connectivity index (χ4v) is 4.46. The Labute approximate surface area is 178 Å². The molecule has 2 aliphatic heterocycles. The molecule has 7 heteroatoms. The maximum atomic E-state index is 11.8. The van der Waals surface area contributed by atoms with Gasteiger partial charge in [-0.25, -0.2) is 4.98 Å². The zero-order valence-corrected chi connectivity index (χ0v) is 18.0. The van der Waals surface area contributed by atoms with Crippen molar-refractivity contribution in [2.75, 3.05) is 26.7 Å². The van der Waals surface area contributed by atoms with Crippen LogP contribution in [0.5, 0.6) is 0 Å². The molecule has 30 heavy (non-hydrogen) atoms. The summed E-state index contributed by atoms with van der Waals surface area (Å²) in [4.78, 5) is 24.9. The zero-order valence-electron chi connectivity index (χ0n) is 18.0. The molecular formula is C23H32N6O. The van der Waals surface area contributed by atoms with E-state index in [0.717, 1.165) is 51.5 Å². The lowest BCUT2D eigenvalue weighted by atomic mass is 9.93. The number of carbonyl (C=O) groups is 1. The van der Waals surface area contributed by atoms with Crippen LogP contribution in [0.2, 0.25) is 0 Å². The van der Waals surface area contributed by atoms with Gasteiger partial charge in [0.25, 0.3) is 0 Å². The molecule has 1 aromatic heterocycles. The Balaban J connectivity index is 1.32. The first kappa shape index (κ1) is 20.4. The van der Waals surface area contributed by atoms with Crippen molar-refractivity contribution in [3.8, 4) is 0 Å². The topological polar surface area (TPSA) is 65.8 Å². The van der Waals surface area contributed by atoms with Crippen LogP contribution in [0.3, 0.4) is 0 Å². The Bertz CT molecular complexity index is 860. The van der Waals surface area contributed by atoms with E-state index in [0.29, 0.717) is 18.4 Å². The predicted molar refractivity (Wildman–Crippen MR) is 118 cm³/mol. The molecule has 1 N–H and O–H groups in total. The van der Waals surface area contributed by atoms with Gasteiger partial charge in [-0.05, 0) is 29.9 Å². The molecule has 2 aromatic rings. The van der Waals surface area contributed by atoms with Crippen LogP contribution in [-0.4, -0.2) is 57.9 Å². The van der Waals surface area contributed by atoms with E-state index < -0.39 is 0 Å².